The number of aromatic nitrogens is 1. The monoisotopic (exact) mass is 234 g/mol. The molecule has 1 aromatic heterocycles. The molecule has 2 nitrogen and oxygen atoms in total. The fourth-order valence-corrected chi connectivity index (χ4v) is 1.70. The molecule has 1 aliphatic rings. The van der Waals surface area contributed by atoms with E-state index in [-0.39, 0.29) is 25.2 Å². The van der Waals surface area contributed by atoms with Crippen LogP contribution in [-0.4, -0.2) is 29.1 Å². The van der Waals surface area contributed by atoms with Gasteiger partial charge in [0.2, 0.25) is 0 Å². The minimum Gasteiger partial charge on any atom is -0.293 e. The summed E-state index contributed by atoms with van der Waals surface area (Å²) < 4.78 is 50.2. The van der Waals surface area contributed by atoms with Gasteiger partial charge in [-0.25, -0.2) is 4.39 Å². The van der Waals surface area contributed by atoms with Gasteiger partial charge < -0.3 is 0 Å². The van der Waals surface area contributed by atoms with Gasteiger partial charge >= 0.3 is 6.18 Å². The van der Waals surface area contributed by atoms with Gasteiger partial charge in [-0.05, 0) is 11.6 Å². The second kappa shape index (κ2) is 4.01. The van der Waals surface area contributed by atoms with Crippen molar-refractivity contribution in [3.8, 4) is 0 Å². The number of alkyl halides is 4. The maximum Gasteiger partial charge on any atom is 0.433 e. The van der Waals surface area contributed by atoms with Crippen LogP contribution in [0.15, 0.2) is 18.3 Å². The molecule has 1 aliphatic heterocycles. The molecule has 2 rings (SSSR count). The molecule has 1 aromatic rings. The molecule has 0 aliphatic carbocycles. The van der Waals surface area contributed by atoms with Crippen LogP contribution < -0.4 is 0 Å². The predicted molar refractivity (Wildman–Crippen MR) is 49.4 cm³/mol. The number of likely N-dealkylation sites (tertiary alicyclic amines) is 1. The number of rotatable bonds is 2. The van der Waals surface area contributed by atoms with Crippen LogP contribution in [0.1, 0.15) is 11.3 Å². The van der Waals surface area contributed by atoms with Crippen molar-refractivity contribution in [1.29, 1.82) is 0 Å². The van der Waals surface area contributed by atoms with Crippen molar-refractivity contribution in [3.05, 3.63) is 29.6 Å². The van der Waals surface area contributed by atoms with Crippen molar-refractivity contribution < 1.29 is 17.6 Å². The molecule has 0 aromatic carbocycles. The Bertz CT molecular complexity index is 371. The van der Waals surface area contributed by atoms with Crippen molar-refractivity contribution in [2.24, 2.45) is 0 Å². The van der Waals surface area contributed by atoms with E-state index in [1.54, 1.807) is 4.90 Å². The molecular formula is C10H10F4N2. The van der Waals surface area contributed by atoms with Gasteiger partial charge in [-0.3, -0.25) is 9.88 Å². The second-order valence-corrected chi connectivity index (χ2v) is 3.80. The smallest absolute Gasteiger partial charge is 0.293 e. The van der Waals surface area contributed by atoms with E-state index in [2.05, 4.69) is 4.98 Å². The van der Waals surface area contributed by atoms with Crippen LogP contribution in [0.2, 0.25) is 0 Å². The number of nitrogens with zero attached hydrogens (tertiary/aromatic N) is 2. The largest absolute Gasteiger partial charge is 0.433 e. The van der Waals surface area contributed by atoms with E-state index in [0.29, 0.717) is 0 Å². The molecule has 0 bridgehead atoms. The first-order valence-electron chi connectivity index (χ1n) is 4.84. The zero-order valence-electron chi connectivity index (χ0n) is 8.34. The molecule has 1 saturated heterocycles. The lowest BCUT2D eigenvalue weighted by Crippen LogP contribution is -2.47. The van der Waals surface area contributed by atoms with Crippen LogP contribution in [0.4, 0.5) is 17.6 Å². The lowest BCUT2D eigenvalue weighted by Gasteiger charge is -2.34. The molecule has 6 heteroatoms. The molecule has 88 valence electrons. The third-order valence-corrected chi connectivity index (χ3v) is 2.47. The van der Waals surface area contributed by atoms with Crippen molar-refractivity contribution in [2.45, 2.75) is 18.9 Å². The average Bonchev–Trinajstić information content (AvgIpc) is 2.14. The van der Waals surface area contributed by atoms with Crippen LogP contribution >= 0.6 is 0 Å². The molecule has 1 fully saturated rings. The maximum atomic E-state index is 12.5. The van der Waals surface area contributed by atoms with Gasteiger partial charge in [-0.2, -0.15) is 13.2 Å². The van der Waals surface area contributed by atoms with Gasteiger partial charge in [0.15, 0.2) is 0 Å². The normalized spacial score (nSPS) is 18.5. The first-order valence-corrected chi connectivity index (χ1v) is 4.84. The Morgan fingerprint density at radius 3 is 2.62 bits per heavy atom. The Hall–Kier alpha value is -1.17. The highest BCUT2D eigenvalue weighted by Crippen LogP contribution is 2.31. The van der Waals surface area contributed by atoms with E-state index in [1.807, 2.05) is 0 Å². The van der Waals surface area contributed by atoms with Crippen LogP contribution in [0, 0.1) is 0 Å². The Morgan fingerprint density at radius 2 is 2.06 bits per heavy atom. The minimum absolute atomic E-state index is 0.0990. The quantitative estimate of drug-likeness (QED) is 0.729. The van der Waals surface area contributed by atoms with Crippen molar-refractivity contribution in [2.75, 3.05) is 13.1 Å². The number of halogens is 4. The predicted octanol–water partition coefficient (Wildman–Crippen LogP) is 2.25. The van der Waals surface area contributed by atoms with E-state index < -0.39 is 18.0 Å². The molecule has 0 radical (unpaired) electrons. The van der Waals surface area contributed by atoms with Crippen molar-refractivity contribution in [3.63, 3.8) is 0 Å². The molecule has 0 N–H and O–H groups in total. The Balaban J connectivity index is 2.14. The van der Waals surface area contributed by atoms with E-state index in [1.165, 1.54) is 12.1 Å². The molecule has 0 atom stereocenters. The standard InChI is InChI=1S/C10H10F4N2/c11-8-5-16(6-8)4-7-2-1-3-15-9(7)10(12,13)14/h1-3,8H,4-6H2. The number of hydrogen-bond acceptors (Lipinski definition) is 2. The molecule has 0 saturated carbocycles. The van der Waals surface area contributed by atoms with Crippen molar-refractivity contribution in [1.82, 2.24) is 9.88 Å². The van der Waals surface area contributed by atoms with Gasteiger partial charge in [0.1, 0.15) is 11.9 Å². The summed E-state index contributed by atoms with van der Waals surface area (Å²) in [5, 5.41) is 0. The molecule has 16 heavy (non-hydrogen) atoms. The molecule has 0 unspecified atom stereocenters. The first kappa shape index (κ1) is 11.3. The van der Waals surface area contributed by atoms with E-state index >= 15 is 0 Å². The van der Waals surface area contributed by atoms with E-state index in [4.69, 9.17) is 0 Å². The zero-order valence-corrected chi connectivity index (χ0v) is 8.34. The highest BCUT2D eigenvalue weighted by atomic mass is 19.4. The van der Waals surface area contributed by atoms with Gasteiger partial charge in [-0.1, -0.05) is 6.07 Å². The van der Waals surface area contributed by atoms with Crippen LogP contribution in [0.3, 0.4) is 0 Å². The Kier molecular flexibility index (Phi) is 2.84. The van der Waals surface area contributed by atoms with Crippen LogP contribution in [0.25, 0.3) is 0 Å². The summed E-state index contributed by atoms with van der Waals surface area (Å²) in [6.07, 6.45) is -4.25. The third kappa shape index (κ3) is 2.32. The third-order valence-electron chi connectivity index (χ3n) is 2.47. The van der Waals surface area contributed by atoms with Crippen LogP contribution in [0.5, 0.6) is 0 Å². The van der Waals surface area contributed by atoms with Crippen molar-refractivity contribution >= 4 is 0 Å². The molecule has 0 spiro atoms. The lowest BCUT2D eigenvalue weighted by molar-refractivity contribution is -0.142. The van der Waals surface area contributed by atoms with Gasteiger partial charge in [0.25, 0.3) is 0 Å². The summed E-state index contributed by atoms with van der Waals surface area (Å²) >= 11 is 0. The summed E-state index contributed by atoms with van der Waals surface area (Å²) in [5.41, 5.74) is -0.779. The fourth-order valence-electron chi connectivity index (χ4n) is 1.70. The first-order chi connectivity index (χ1) is 7.47. The highest BCUT2D eigenvalue weighted by molar-refractivity contribution is 5.22. The van der Waals surface area contributed by atoms with E-state index in [9.17, 15) is 17.6 Å². The lowest BCUT2D eigenvalue weighted by atomic mass is 10.1. The zero-order chi connectivity index (χ0) is 11.8. The second-order valence-electron chi connectivity index (χ2n) is 3.80. The van der Waals surface area contributed by atoms with E-state index in [0.717, 1.165) is 6.20 Å². The van der Waals surface area contributed by atoms with Gasteiger partial charge in [0.05, 0.1) is 0 Å². The summed E-state index contributed by atoms with van der Waals surface area (Å²) in [6, 6.07) is 2.83. The molecule has 0 amide bonds. The van der Waals surface area contributed by atoms with Gasteiger partial charge in [-0.15, -0.1) is 0 Å². The maximum absolute atomic E-state index is 12.5. The SMILES string of the molecule is FC1CN(Cc2cccnc2C(F)(F)F)C1. The topological polar surface area (TPSA) is 16.1 Å². The summed E-state index contributed by atoms with van der Waals surface area (Å²) in [6.45, 7) is 0.501. The summed E-state index contributed by atoms with van der Waals surface area (Å²) in [7, 11) is 0. The van der Waals surface area contributed by atoms with Crippen LogP contribution in [-0.2, 0) is 12.7 Å². The summed E-state index contributed by atoms with van der Waals surface area (Å²) in [4.78, 5) is 4.96. The number of pyridine rings is 1. The Morgan fingerprint density at radius 1 is 1.38 bits per heavy atom. The molecule has 2 heterocycles. The highest BCUT2D eigenvalue weighted by Gasteiger charge is 2.36. The average molecular weight is 234 g/mol. The number of hydrogen-bond donors (Lipinski definition) is 0. The fraction of sp³-hybridized carbons (Fsp3) is 0.500. The molecular weight excluding hydrogens is 224 g/mol. The van der Waals surface area contributed by atoms with Gasteiger partial charge in [0, 0.05) is 25.8 Å². The summed E-state index contributed by atoms with van der Waals surface area (Å²) in [5.74, 6) is 0. The Labute approximate surface area is 89.9 Å². The minimum atomic E-state index is -4.45.